The van der Waals surface area contributed by atoms with E-state index in [2.05, 4.69) is 43.5 Å². The second-order valence-corrected chi connectivity index (χ2v) is 6.58. The van der Waals surface area contributed by atoms with Crippen LogP contribution in [0.2, 0.25) is 0 Å². The average Bonchev–Trinajstić information content (AvgIpc) is 3.05. The number of hydrogen-bond donors (Lipinski definition) is 0. The summed E-state index contributed by atoms with van der Waals surface area (Å²) in [7, 11) is 3.99. The van der Waals surface area contributed by atoms with Crippen molar-refractivity contribution >= 4 is 11.8 Å². The molecule has 0 saturated carbocycles. The van der Waals surface area contributed by atoms with E-state index in [0.29, 0.717) is 12.0 Å². The lowest BCUT2D eigenvalue weighted by Crippen LogP contribution is -2.36. The molecule has 124 valence electrons. The van der Waals surface area contributed by atoms with Crippen LogP contribution < -0.4 is 9.80 Å². The molecule has 1 saturated heterocycles. The molecular formula is C16H25N7. The molecule has 7 nitrogen and oxygen atoms in total. The van der Waals surface area contributed by atoms with Gasteiger partial charge in [-0.15, -0.1) is 10.2 Å². The third-order valence-corrected chi connectivity index (χ3v) is 4.31. The van der Waals surface area contributed by atoms with Crippen LogP contribution >= 0.6 is 0 Å². The van der Waals surface area contributed by atoms with Crippen molar-refractivity contribution in [3.63, 3.8) is 0 Å². The van der Waals surface area contributed by atoms with E-state index in [4.69, 9.17) is 0 Å². The van der Waals surface area contributed by atoms with Gasteiger partial charge in [0, 0.05) is 45.3 Å². The van der Waals surface area contributed by atoms with E-state index in [-0.39, 0.29) is 0 Å². The monoisotopic (exact) mass is 315 g/mol. The van der Waals surface area contributed by atoms with Crippen molar-refractivity contribution in [2.75, 3.05) is 37.0 Å². The van der Waals surface area contributed by atoms with Gasteiger partial charge < -0.3 is 14.4 Å². The molecule has 7 heteroatoms. The fourth-order valence-electron chi connectivity index (χ4n) is 3.05. The Hall–Kier alpha value is -2.18. The van der Waals surface area contributed by atoms with Gasteiger partial charge in [-0.2, -0.15) is 4.98 Å². The second kappa shape index (κ2) is 6.52. The minimum Gasteiger partial charge on any atom is -0.363 e. The first-order valence-corrected chi connectivity index (χ1v) is 8.21. The van der Waals surface area contributed by atoms with E-state index in [1.165, 1.54) is 0 Å². The maximum absolute atomic E-state index is 4.67. The molecule has 2 aromatic heterocycles. The Bertz CT molecular complexity index is 649. The van der Waals surface area contributed by atoms with Crippen molar-refractivity contribution in [1.82, 2.24) is 24.7 Å². The summed E-state index contributed by atoms with van der Waals surface area (Å²) in [5.74, 6) is 3.19. The Morgan fingerprint density at radius 1 is 1.30 bits per heavy atom. The van der Waals surface area contributed by atoms with E-state index in [1.54, 1.807) is 0 Å². The van der Waals surface area contributed by atoms with Crippen LogP contribution in [-0.2, 0) is 0 Å². The molecule has 2 aromatic rings. The van der Waals surface area contributed by atoms with Crippen LogP contribution in [0.5, 0.6) is 0 Å². The normalized spacial score (nSPS) is 18.5. The maximum Gasteiger partial charge on any atom is 0.227 e. The minimum absolute atomic E-state index is 0.375. The maximum atomic E-state index is 4.67. The molecule has 1 aliphatic heterocycles. The van der Waals surface area contributed by atoms with E-state index in [0.717, 1.165) is 43.5 Å². The number of rotatable bonds is 4. The number of aromatic nitrogens is 5. The molecule has 3 rings (SSSR count). The first-order chi connectivity index (χ1) is 11.1. The molecule has 0 bridgehead atoms. The summed E-state index contributed by atoms with van der Waals surface area (Å²) in [6.45, 7) is 6.21. The number of piperidine rings is 1. The molecule has 0 aliphatic carbocycles. The van der Waals surface area contributed by atoms with Gasteiger partial charge >= 0.3 is 0 Å². The SMILES string of the molecule is CC(C)n1cnnc1C1CCCN(c2nccc(N(C)C)n2)C1. The van der Waals surface area contributed by atoms with Crippen molar-refractivity contribution in [3.05, 3.63) is 24.4 Å². The Morgan fingerprint density at radius 3 is 2.87 bits per heavy atom. The van der Waals surface area contributed by atoms with Crippen molar-refractivity contribution in [1.29, 1.82) is 0 Å². The molecule has 0 radical (unpaired) electrons. The zero-order valence-corrected chi connectivity index (χ0v) is 14.3. The Kier molecular flexibility index (Phi) is 4.45. The number of hydrogen-bond acceptors (Lipinski definition) is 6. The Morgan fingerprint density at radius 2 is 2.13 bits per heavy atom. The summed E-state index contributed by atoms with van der Waals surface area (Å²) in [5, 5.41) is 8.48. The lowest BCUT2D eigenvalue weighted by Gasteiger charge is -2.33. The van der Waals surface area contributed by atoms with Gasteiger partial charge in [0.25, 0.3) is 0 Å². The van der Waals surface area contributed by atoms with Gasteiger partial charge in [0.1, 0.15) is 18.0 Å². The van der Waals surface area contributed by atoms with Crippen molar-refractivity contribution < 1.29 is 0 Å². The molecule has 3 heterocycles. The summed E-state index contributed by atoms with van der Waals surface area (Å²) >= 11 is 0. The molecule has 0 aromatic carbocycles. The Balaban J connectivity index is 1.81. The fraction of sp³-hybridized carbons (Fsp3) is 0.625. The first kappa shape index (κ1) is 15.7. The molecule has 1 aliphatic rings. The minimum atomic E-state index is 0.375. The molecular weight excluding hydrogens is 290 g/mol. The van der Waals surface area contributed by atoms with Gasteiger partial charge in [-0.05, 0) is 32.8 Å². The summed E-state index contributed by atoms with van der Waals surface area (Å²) in [6.07, 6.45) is 5.92. The molecule has 0 amide bonds. The lowest BCUT2D eigenvalue weighted by atomic mass is 9.97. The van der Waals surface area contributed by atoms with Gasteiger partial charge in [-0.1, -0.05) is 0 Å². The fourth-order valence-corrected chi connectivity index (χ4v) is 3.05. The van der Waals surface area contributed by atoms with E-state index in [1.807, 2.05) is 37.6 Å². The van der Waals surface area contributed by atoms with Gasteiger partial charge in [0.05, 0.1) is 0 Å². The van der Waals surface area contributed by atoms with Crippen LogP contribution in [0.4, 0.5) is 11.8 Å². The molecule has 1 unspecified atom stereocenters. The summed E-state index contributed by atoms with van der Waals surface area (Å²) in [5.41, 5.74) is 0. The van der Waals surface area contributed by atoms with Crippen LogP contribution in [0.15, 0.2) is 18.6 Å². The molecule has 0 spiro atoms. The zero-order chi connectivity index (χ0) is 16.4. The van der Waals surface area contributed by atoms with Gasteiger partial charge in [-0.3, -0.25) is 0 Å². The van der Waals surface area contributed by atoms with Crippen LogP contribution in [-0.4, -0.2) is 51.9 Å². The molecule has 1 fully saturated rings. The summed E-state index contributed by atoms with van der Waals surface area (Å²) in [4.78, 5) is 13.4. The zero-order valence-electron chi connectivity index (χ0n) is 14.3. The highest BCUT2D eigenvalue weighted by atomic mass is 15.3. The third kappa shape index (κ3) is 3.28. The van der Waals surface area contributed by atoms with E-state index >= 15 is 0 Å². The highest BCUT2D eigenvalue weighted by Crippen LogP contribution is 2.29. The summed E-state index contributed by atoms with van der Waals surface area (Å²) in [6, 6.07) is 2.31. The van der Waals surface area contributed by atoms with Crippen molar-refractivity contribution in [2.45, 2.75) is 38.6 Å². The topological polar surface area (TPSA) is 63.0 Å². The lowest BCUT2D eigenvalue weighted by molar-refractivity contribution is 0.451. The number of nitrogens with zero attached hydrogens (tertiary/aromatic N) is 7. The van der Waals surface area contributed by atoms with Crippen LogP contribution in [0.3, 0.4) is 0 Å². The quantitative estimate of drug-likeness (QED) is 0.861. The molecule has 0 N–H and O–H groups in total. The van der Waals surface area contributed by atoms with Gasteiger partial charge in [0.2, 0.25) is 5.95 Å². The van der Waals surface area contributed by atoms with Crippen molar-refractivity contribution in [2.24, 2.45) is 0 Å². The van der Waals surface area contributed by atoms with Gasteiger partial charge in [-0.25, -0.2) is 4.98 Å². The average molecular weight is 315 g/mol. The summed E-state index contributed by atoms with van der Waals surface area (Å²) < 4.78 is 2.17. The van der Waals surface area contributed by atoms with Gasteiger partial charge in [0.15, 0.2) is 0 Å². The molecule has 1 atom stereocenters. The van der Waals surface area contributed by atoms with E-state index in [9.17, 15) is 0 Å². The standard InChI is InChI=1S/C16H25N7/c1-12(2)23-11-18-20-15(23)13-6-5-9-22(10-13)16-17-8-7-14(19-16)21(3)4/h7-8,11-13H,5-6,9-10H2,1-4H3. The smallest absolute Gasteiger partial charge is 0.227 e. The first-order valence-electron chi connectivity index (χ1n) is 8.21. The predicted molar refractivity (Wildman–Crippen MR) is 91.0 cm³/mol. The largest absolute Gasteiger partial charge is 0.363 e. The van der Waals surface area contributed by atoms with E-state index < -0.39 is 0 Å². The number of anilines is 2. The van der Waals surface area contributed by atoms with Crippen LogP contribution in [0, 0.1) is 0 Å². The predicted octanol–water partition coefficient (Wildman–Crippen LogP) is 2.10. The highest BCUT2D eigenvalue weighted by molar-refractivity contribution is 5.43. The Labute approximate surface area is 137 Å². The molecule has 23 heavy (non-hydrogen) atoms. The van der Waals surface area contributed by atoms with Crippen molar-refractivity contribution in [3.8, 4) is 0 Å². The van der Waals surface area contributed by atoms with Crippen LogP contribution in [0.1, 0.15) is 44.5 Å². The van der Waals surface area contributed by atoms with Crippen LogP contribution in [0.25, 0.3) is 0 Å². The third-order valence-electron chi connectivity index (χ3n) is 4.31. The second-order valence-electron chi connectivity index (χ2n) is 6.58. The highest BCUT2D eigenvalue weighted by Gasteiger charge is 2.27.